The van der Waals surface area contributed by atoms with Gasteiger partial charge in [-0.15, -0.1) is 11.3 Å². The van der Waals surface area contributed by atoms with Gasteiger partial charge in [0.1, 0.15) is 5.75 Å². The van der Waals surface area contributed by atoms with Gasteiger partial charge in [-0.1, -0.05) is 11.6 Å². The number of thiazole rings is 1. The number of ether oxygens (including phenoxy) is 1. The number of Topliss-reactive ketones (excluding diaryl/α,β-unsaturated/α-hetero) is 1. The van der Waals surface area contributed by atoms with E-state index in [1.54, 1.807) is 29.8 Å². The predicted molar refractivity (Wildman–Crippen MR) is 82.3 cm³/mol. The summed E-state index contributed by atoms with van der Waals surface area (Å²) in [5.41, 5.74) is 0.382. The van der Waals surface area contributed by atoms with Crippen LogP contribution in [0.2, 0.25) is 5.02 Å². The molecular weight excluding hydrogens is 312 g/mol. The van der Waals surface area contributed by atoms with Crippen LogP contribution in [0, 0.1) is 0 Å². The van der Waals surface area contributed by atoms with E-state index in [0.717, 1.165) is 0 Å². The fraction of sp³-hybridized carbons (Fsp3) is 0.214. The van der Waals surface area contributed by atoms with Crippen molar-refractivity contribution < 1.29 is 14.3 Å². The van der Waals surface area contributed by atoms with Crippen molar-refractivity contribution in [2.24, 2.45) is 0 Å². The Hall–Kier alpha value is -1.92. The second kappa shape index (κ2) is 7.19. The molecule has 1 aromatic heterocycles. The first-order chi connectivity index (χ1) is 10.1. The molecule has 0 fully saturated rings. The zero-order chi connectivity index (χ0) is 15.2. The summed E-state index contributed by atoms with van der Waals surface area (Å²) in [6.07, 6.45) is 1.75. The molecule has 110 valence electrons. The lowest BCUT2D eigenvalue weighted by Crippen LogP contribution is -2.13. The summed E-state index contributed by atoms with van der Waals surface area (Å²) in [6, 6.07) is 4.82. The highest BCUT2D eigenvalue weighted by atomic mass is 35.5. The van der Waals surface area contributed by atoms with Crippen LogP contribution in [-0.2, 0) is 4.79 Å². The largest absolute Gasteiger partial charge is 0.496 e. The number of aromatic nitrogens is 1. The van der Waals surface area contributed by atoms with Crippen molar-refractivity contribution in [3.8, 4) is 5.75 Å². The fourth-order valence-corrected chi connectivity index (χ4v) is 2.44. The van der Waals surface area contributed by atoms with E-state index in [1.807, 2.05) is 0 Å². The summed E-state index contributed by atoms with van der Waals surface area (Å²) < 4.78 is 5.13. The molecule has 2 aromatic rings. The Morgan fingerprint density at radius 1 is 1.38 bits per heavy atom. The Balaban J connectivity index is 1.95. The average Bonchev–Trinajstić information content (AvgIpc) is 2.97. The first-order valence-electron chi connectivity index (χ1n) is 6.16. The topological polar surface area (TPSA) is 68.3 Å². The molecule has 0 unspecified atom stereocenters. The molecule has 7 heteroatoms. The maximum Gasteiger partial charge on any atom is 0.226 e. The van der Waals surface area contributed by atoms with Gasteiger partial charge in [0.05, 0.1) is 12.7 Å². The van der Waals surface area contributed by atoms with Crippen molar-refractivity contribution in [1.29, 1.82) is 0 Å². The molecule has 1 aromatic carbocycles. The first kappa shape index (κ1) is 15.5. The lowest BCUT2D eigenvalue weighted by atomic mass is 10.1. The maximum atomic E-state index is 12.2. The molecule has 0 saturated carbocycles. The van der Waals surface area contributed by atoms with E-state index in [2.05, 4.69) is 10.3 Å². The van der Waals surface area contributed by atoms with Crippen LogP contribution >= 0.6 is 22.9 Å². The van der Waals surface area contributed by atoms with Gasteiger partial charge in [-0.25, -0.2) is 4.98 Å². The molecule has 2 rings (SSSR count). The normalized spacial score (nSPS) is 10.2. The lowest BCUT2D eigenvalue weighted by molar-refractivity contribution is -0.116. The van der Waals surface area contributed by atoms with Crippen molar-refractivity contribution in [2.75, 3.05) is 12.4 Å². The van der Waals surface area contributed by atoms with E-state index in [1.165, 1.54) is 18.4 Å². The van der Waals surface area contributed by atoms with Crippen LogP contribution in [0.1, 0.15) is 23.2 Å². The predicted octanol–water partition coefficient (Wildman–Crippen LogP) is 3.41. The van der Waals surface area contributed by atoms with Crippen LogP contribution in [0.4, 0.5) is 5.13 Å². The molecule has 0 aliphatic rings. The van der Waals surface area contributed by atoms with Crippen LogP contribution in [-0.4, -0.2) is 23.8 Å². The number of halogens is 1. The number of methoxy groups -OCH3 is 1. The van der Waals surface area contributed by atoms with Gasteiger partial charge in [-0.05, 0) is 18.2 Å². The number of nitrogens with one attached hydrogen (secondary N) is 1. The second-order valence-corrected chi connectivity index (χ2v) is 5.48. The summed E-state index contributed by atoms with van der Waals surface area (Å²) in [5, 5.41) is 5.36. The number of amides is 1. The standard InChI is InChI=1S/C14H13ClN2O3S/c1-20-12-4-2-9(15)8-10(12)11(18)3-5-13(19)17-14-16-6-7-21-14/h2,4,6-8H,3,5H2,1H3,(H,16,17,19). The third kappa shape index (κ3) is 4.27. The highest BCUT2D eigenvalue weighted by molar-refractivity contribution is 7.13. The second-order valence-electron chi connectivity index (χ2n) is 4.15. The van der Waals surface area contributed by atoms with Crippen LogP contribution in [0.25, 0.3) is 0 Å². The third-order valence-corrected chi connectivity index (χ3v) is 3.64. The van der Waals surface area contributed by atoms with Gasteiger partial charge in [-0.2, -0.15) is 0 Å². The van der Waals surface area contributed by atoms with Crippen LogP contribution in [0.3, 0.4) is 0 Å². The summed E-state index contributed by atoms with van der Waals surface area (Å²) in [4.78, 5) is 27.8. The summed E-state index contributed by atoms with van der Waals surface area (Å²) in [7, 11) is 1.48. The Morgan fingerprint density at radius 3 is 2.86 bits per heavy atom. The lowest BCUT2D eigenvalue weighted by Gasteiger charge is -2.08. The van der Waals surface area contributed by atoms with Gasteiger partial charge in [0.15, 0.2) is 10.9 Å². The molecule has 5 nitrogen and oxygen atoms in total. The van der Waals surface area contributed by atoms with E-state index in [4.69, 9.17) is 16.3 Å². The van der Waals surface area contributed by atoms with Crippen LogP contribution < -0.4 is 10.1 Å². The molecule has 0 atom stereocenters. The zero-order valence-corrected chi connectivity index (χ0v) is 12.8. The molecule has 1 N–H and O–H groups in total. The van der Waals surface area contributed by atoms with E-state index in [0.29, 0.717) is 21.5 Å². The maximum absolute atomic E-state index is 12.2. The Kier molecular flexibility index (Phi) is 5.30. The monoisotopic (exact) mass is 324 g/mol. The SMILES string of the molecule is COc1ccc(Cl)cc1C(=O)CCC(=O)Nc1nccs1. The van der Waals surface area contributed by atoms with Gasteiger partial charge in [0.2, 0.25) is 5.91 Å². The minimum absolute atomic E-state index is 0.0773. The summed E-state index contributed by atoms with van der Waals surface area (Å²) in [6.45, 7) is 0. The molecular formula is C14H13ClN2O3S. The number of nitrogens with zero attached hydrogens (tertiary/aromatic N) is 1. The first-order valence-corrected chi connectivity index (χ1v) is 7.42. The minimum Gasteiger partial charge on any atom is -0.496 e. The minimum atomic E-state index is -0.251. The van der Waals surface area contributed by atoms with E-state index < -0.39 is 0 Å². The molecule has 0 spiro atoms. The smallest absolute Gasteiger partial charge is 0.226 e. The number of anilines is 1. The van der Waals surface area contributed by atoms with Crippen molar-refractivity contribution in [1.82, 2.24) is 4.98 Å². The summed E-state index contributed by atoms with van der Waals surface area (Å²) >= 11 is 7.21. The molecule has 0 radical (unpaired) electrons. The van der Waals surface area contributed by atoms with Crippen molar-refractivity contribution >= 4 is 39.8 Å². The van der Waals surface area contributed by atoms with Gasteiger partial charge < -0.3 is 10.1 Å². The molecule has 21 heavy (non-hydrogen) atoms. The number of carbonyl (C=O) groups excluding carboxylic acids is 2. The van der Waals surface area contributed by atoms with Gasteiger partial charge in [0, 0.05) is 29.4 Å². The molecule has 0 bridgehead atoms. The van der Waals surface area contributed by atoms with Gasteiger partial charge in [-0.3, -0.25) is 9.59 Å². The van der Waals surface area contributed by atoms with Gasteiger partial charge in [0.25, 0.3) is 0 Å². The van der Waals surface area contributed by atoms with Crippen LogP contribution in [0.5, 0.6) is 5.75 Å². The highest BCUT2D eigenvalue weighted by Crippen LogP contribution is 2.24. The molecule has 1 amide bonds. The molecule has 0 aliphatic carbocycles. The van der Waals surface area contributed by atoms with Crippen LogP contribution in [0.15, 0.2) is 29.8 Å². The van der Waals surface area contributed by atoms with E-state index in [9.17, 15) is 9.59 Å². The van der Waals surface area contributed by atoms with Crippen molar-refractivity contribution in [3.63, 3.8) is 0 Å². The highest BCUT2D eigenvalue weighted by Gasteiger charge is 2.15. The Morgan fingerprint density at radius 2 is 2.19 bits per heavy atom. The zero-order valence-electron chi connectivity index (χ0n) is 11.3. The number of benzene rings is 1. The quantitative estimate of drug-likeness (QED) is 0.827. The van der Waals surface area contributed by atoms with E-state index >= 15 is 0 Å². The number of hydrogen-bond donors (Lipinski definition) is 1. The number of hydrogen-bond acceptors (Lipinski definition) is 5. The Labute approximate surface area is 130 Å². The average molecular weight is 325 g/mol. The molecule has 0 aliphatic heterocycles. The van der Waals surface area contributed by atoms with Crippen molar-refractivity contribution in [2.45, 2.75) is 12.8 Å². The summed E-state index contributed by atoms with van der Waals surface area (Å²) in [5.74, 6) is 0.00710. The van der Waals surface area contributed by atoms with Gasteiger partial charge >= 0.3 is 0 Å². The van der Waals surface area contributed by atoms with Crippen molar-refractivity contribution in [3.05, 3.63) is 40.4 Å². The molecule has 0 saturated heterocycles. The third-order valence-electron chi connectivity index (χ3n) is 2.72. The number of carbonyl (C=O) groups is 2. The molecule has 1 heterocycles. The number of rotatable bonds is 6. The Bertz CT molecular complexity index is 644. The van der Waals surface area contributed by atoms with E-state index in [-0.39, 0.29) is 24.5 Å². The number of ketones is 1. The fourth-order valence-electron chi connectivity index (χ4n) is 1.73.